The smallest absolute Gasteiger partial charge is 0.191 e. The predicted octanol–water partition coefficient (Wildman–Crippen LogP) is 3.07. The fourth-order valence-corrected chi connectivity index (χ4v) is 4.35. The van der Waals surface area contributed by atoms with Crippen LogP contribution in [0, 0.1) is 0 Å². The maximum absolute atomic E-state index is 4.40. The number of nitrogens with one attached hydrogen (secondary N) is 3. The molecule has 0 spiro atoms. The van der Waals surface area contributed by atoms with Crippen LogP contribution < -0.4 is 16.0 Å². The summed E-state index contributed by atoms with van der Waals surface area (Å²) in [6.07, 6.45) is 8.36. The van der Waals surface area contributed by atoms with Crippen molar-refractivity contribution in [2.45, 2.75) is 31.1 Å². The van der Waals surface area contributed by atoms with Crippen LogP contribution in [-0.4, -0.2) is 52.4 Å². The van der Waals surface area contributed by atoms with Gasteiger partial charge in [-0.2, -0.15) is 5.10 Å². The Morgan fingerprint density at radius 2 is 1.87 bits per heavy atom. The highest BCUT2D eigenvalue weighted by Gasteiger charge is 2.35. The van der Waals surface area contributed by atoms with E-state index < -0.39 is 0 Å². The number of aryl methyl sites for hydroxylation is 1. The van der Waals surface area contributed by atoms with Crippen molar-refractivity contribution in [3.8, 4) is 0 Å². The topological polar surface area (TPSA) is 92.1 Å². The van der Waals surface area contributed by atoms with Gasteiger partial charge in [0.05, 0.1) is 11.6 Å². The Kier molecular flexibility index (Phi) is 8.05. The molecular formula is C22H31IN8. The Labute approximate surface area is 200 Å². The maximum atomic E-state index is 4.40. The summed E-state index contributed by atoms with van der Waals surface area (Å²) in [5, 5.41) is 15.5. The van der Waals surface area contributed by atoms with Crippen LogP contribution in [0.5, 0.6) is 0 Å². The molecule has 2 aromatic heterocycles. The first kappa shape index (κ1) is 23.2. The Bertz CT molecular complexity index is 995. The quantitative estimate of drug-likeness (QED) is 0.187. The molecule has 0 radical (unpaired) electrons. The van der Waals surface area contributed by atoms with Crippen LogP contribution in [0.2, 0.25) is 0 Å². The number of benzene rings is 1. The van der Waals surface area contributed by atoms with Gasteiger partial charge in [-0.15, -0.1) is 24.0 Å². The van der Waals surface area contributed by atoms with Gasteiger partial charge in [0.25, 0.3) is 0 Å². The van der Waals surface area contributed by atoms with Crippen molar-refractivity contribution in [3.63, 3.8) is 0 Å². The Hall–Kier alpha value is -2.43. The van der Waals surface area contributed by atoms with E-state index in [1.807, 2.05) is 14.1 Å². The average molecular weight is 534 g/mol. The van der Waals surface area contributed by atoms with E-state index in [4.69, 9.17) is 0 Å². The second-order valence-electron chi connectivity index (χ2n) is 7.86. The van der Waals surface area contributed by atoms with Gasteiger partial charge in [-0.25, -0.2) is 9.97 Å². The highest BCUT2D eigenvalue weighted by molar-refractivity contribution is 14.0. The number of nitrogens with zero attached hydrogens (tertiary/aromatic N) is 5. The minimum absolute atomic E-state index is 0. The molecule has 1 saturated carbocycles. The summed E-state index contributed by atoms with van der Waals surface area (Å²) in [6, 6.07) is 10.9. The summed E-state index contributed by atoms with van der Waals surface area (Å²) in [5.41, 5.74) is 2.45. The molecule has 1 aliphatic carbocycles. The lowest BCUT2D eigenvalue weighted by Crippen LogP contribution is -2.45. The molecule has 8 nitrogen and oxygen atoms in total. The van der Waals surface area contributed by atoms with Crippen LogP contribution in [-0.2, 0) is 12.5 Å². The third-order valence-electron chi connectivity index (χ3n) is 6.00. The molecule has 0 amide bonds. The van der Waals surface area contributed by atoms with Crippen LogP contribution in [0.1, 0.15) is 31.2 Å². The van der Waals surface area contributed by atoms with Gasteiger partial charge in [0.1, 0.15) is 12.1 Å². The number of aromatic nitrogens is 4. The fourth-order valence-electron chi connectivity index (χ4n) is 4.35. The number of rotatable bonds is 7. The maximum Gasteiger partial charge on any atom is 0.191 e. The zero-order chi connectivity index (χ0) is 20.8. The molecule has 1 fully saturated rings. The van der Waals surface area contributed by atoms with Gasteiger partial charge >= 0.3 is 0 Å². The molecule has 0 unspecified atom stereocenters. The van der Waals surface area contributed by atoms with Crippen LogP contribution >= 0.6 is 24.0 Å². The van der Waals surface area contributed by atoms with E-state index in [1.54, 1.807) is 17.2 Å². The lowest BCUT2D eigenvalue weighted by molar-refractivity contribution is 0.432. The van der Waals surface area contributed by atoms with E-state index in [-0.39, 0.29) is 29.4 Å². The number of hydrogen-bond donors (Lipinski definition) is 3. The fraction of sp³-hybridized carbons (Fsp3) is 0.455. The molecule has 166 valence electrons. The summed E-state index contributed by atoms with van der Waals surface area (Å²) >= 11 is 0. The molecule has 1 aliphatic rings. The van der Waals surface area contributed by atoms with Gasteiger partial charge in [0.15, 0.2) is 11.6 Å². The number of aliphatic imine (C=N–C) groups is 1. The normalized spacial score (nSPS) is 15.5. The molecule has 9 heteroatoms. The van der Waals surface area contributed by atoms with Crippen molar-refractivity contribution >= 4 is 46.8 Å². The van der Waals surface area contributed by atoms with Gasteiger partial charge in [-0.05, 0) is 18.4 Å². The van der Waals surface area contributed by atoms with Gasteiger partial charge in [-0.1, -0.05) is 43.2 Å². The molecule has 3 aromatic rings. The zero-order valence-electron chi connectivity index (χ0n) is 18.1. The van der Waals surface area contributed by atoms with Gasteiger partial charge < -0.3 is 16.0 Å². The molecule has 0 saturated heterocycles. The van der Waals surface area contributed by atoms with Crippen molar-refractivity contribution in [2.24, 2.45) is 12.0 Å². The van der Waals surface area contributed by atoms with E-state index in [9.17, 15) is 0 Å². The first-order valence-corrected chi connectivity index (χ1v) is 10.6. The Morgan fingerprint density at radius 1 is 1.10 bits per heavy atom. The molecule has 2 heterocycles. The van der Waals surface area contributed by atoms with E-state index in [0.717, 1.165) is 35.9 Å². The summed E-state index contributed by atoms with van der Waals surface area (Å²) in [5.74, 6) is 1.63. The molecule has 0 atom stereocenters. The lowest BCUT2D eigenvalue weighted by Gasteiger charge is -2.30. The van der Waals surface area contributed by atoms with E-state index in [2.05, 4.69) is 66.3 Å². The molecule has 1 aromatic carbocycles. The number of halogens is 1. The molecule has 31 heavy (non-hydrogen) atoms. The minimum atomic E-state index is 0. The average Bonchev–Trinajstić information content (AvgIpc) is 3.42. The highest BCUT2D eigenvalue weighted by atomic mass is 127. The largest absolute Gasteiger partial charge is 0.368 e. The predicted molar refractivity (Wildman–Crippen MR) is 136 cm³/mol. The van der Waals surface area contributed by atoms with Crippen LogP contribution in [0.3, 0.4) is 0 Å². The van der Waals surface area contributed by atoms with Crippen LogP contribution in [0.4, 0.5) is 5.82 Å². The summed E-state index contributed by atoms with van der Waals surface area (Å²) in [6.45, 7) is 2.33. The monoisotopic (exact) mass is 534 g/mol. The second kappa shape index (κ2) is 10.7. The van der Waals surface area contributed by atoms with E-state index >= 15 is 0 Å². The zero-order valence-corrected chi connectivity index (χ0v) is 20.5. The van der Waals surface area contributed by atoms with Crippen molar-refractivity contribution in [1.82, 2.24) is 30.4 Å². The van der Waals surface area contributed by atoms with Gasteiger partial charge in [-0.3, -0.25) is 9.67 Å². The third-order valence-corrected chi connectivity index (χ3v) is 6.00. The van der Waals surface area contributed by atoms with E-state index in [1.165, 1.54) is 31.2 Å². The standard InChI is InChI=1S/C22H30N8.HI/c1-23-21(26-15-22(10-6-7-11-22)17-8-4-3-5-9-17)25-13-12-24-19-18-14-29-30(2)20(18)28-16-27-19;/h3-5,8-9,14,16H,6-7,10-13,15H2,1-2H3,(H2,23,25,26)(H,24,27,28);1H. The van der Waals surface area contributed by atoms with Crippen LogP contribution in [0.15, 0.2) is 47.8 Å². The highest BCUT2D eigenvalue weighted by Crippen LogP contribution is 2.40. The van der Waals surface area contributed by atoms with Crippen molar-refractivity contribution < 1.29 is 0 Å². The number of fused-ring (bicyclic) bond motifs is 1. The van der Waals surface area contributed by atoms with Crippen LogP contribution in [0.25, 0.3) is 11.0 Å². The summed E-state index contributed by atoms with van der Waals surface area (Å²) in [4.78, 5) is 13.0. The van der Waals surface area contributed by atoms with Gasteiger partial charge in [0.2, 0.25) is 0 Å². The van der Waals surface area contributed by atoms with Crippen molar-refractivity contribution in [2.75, 3.05) is 32.0 Å². The second-order valence-corrected chi connectivity index (χ2v) is 7.86. The molecule has 0 bridgehead atoms. The van der Waals surface area contributed by atoms with E-state index in [0.29, 0.717) is 6.54 Å². The first-order chi connectivity index (χ1) is 14.7. The molecule has 0 aliphatic heterocycles. The minimum Gasteiger partial charge on any atom is -0.368 e. The Balaban J connectivity index is 0.00000272. The number of anilines is 1. The Morgan fingerprint density at radius 3 is 2.61 bits per heavy atom. The molecule has 3 N–H and O–H groups in total. The number of hydrogen-bond acceptors (Lipinski definition) is 5. The third kappa shape index (κ3) is 5.25. The van der Waals surface area contributed by atoms with Crippen molar-refractivity contribution in [1.29, 1.82) is 0 Å². The van der Waals surface area contributed by atoms with Gasteiger partial charge in [0, 0.05) is 39.1 Å². The SMILES string of the molecule is CN=C(NCCNc1ncnc2c1cnn2C)NCC1(c2ccccc2)CCCC1.I. The molecule has 4 rings (SSSR count). The number of guanidine groups is 1. The summed E-state index contributed by atoms with van der Waals surface area (Å²) < 4.78 is 1.75. The van der Waals surface area contributed by atoms with Crippen molar-refractivity contribution in [3.05, 3.63) is 48.4 Å². The first-order valence-electron chi connectivity index (χ1n) is 10.6. The summed E-state index contributed by atoms with van der Waals surface area (Å²) in [7, 11) is 3.69. The lowest BCUT2D eigenvalue weighted by atomic mass is 9.79. The molecular weight excluding hydrogens is 503 g/mol.